The van der Waals surface area contributed by atoms with Gasteiger partial charge in [-0.2, -0.15) is 5.10 Å². The van der Waals surface area contributed by atoms with Crippen molar-refractivity contribution in [2.24, 2.45) is 0 Å². The van der Waals surface area contributed by atoms with Gasteiger partial charge in [0.1, 0.15) is 29.7 Å². The minimum Gasteiger partial charge on any atom is -0.494 e. The molecule has 1 N–H and O–H groups in total. The smallest absolute Gasteiger partial charge is 0.292 e. The van der Waals surface area contributed by atoms with E-state index in [-0.39, 0.29) is 24.7 Å². The van der Waals surface area contributed by atoms with Crippen LogP contribution in [0.15, 0.2) is 69.7 Å². The third-order valence-electron chi connectivity index (χ3n) is 4.73. The number of benzene rings is 2. The van der Waals surface area contributed by atoms with Gasteiger partial charge in [0, 0.05) is 16.8 Å². The summed E-state index contributed by atoms with van der Waals surface area (Å²) in [7, 11) is 0. The Bertz CT molecular complexity index is 1270. The van der Waals surface area contributed by atoms with Gasteiger partial charge in [-0.1, -0.05) is 17.7 Å². The van der Waals surface area contributed by atoms with Crippen molar-refractivity contribution in [1.29, 1.82) is 0 Å². The fraction of sp³-hybridized carbons (Fsp3) is 0.167. The molecule has 2 aromatic carbocycles. The van der Waals surface area contributed by atoms with E-state index in [9.17, 15) is 9.18 Å². The van der Waals surface area contributed by atoms with Crippen LogP contribution in [0.2, 0.25) is 5.02 Å². The summed E-state index contributed by atoms with van der Waals surface area (Å²) in [6.07, 6.45) is 1.62. The summed E-state index contributed by atoms with van der Waals surface area (Å²) in [5.41, 5.74) is 0.306. The number of hydrogen-bond acceptors (Lipinski definition) is 5. The maximum Gasteiger partial charge on any atom is 0.292 e. The number of carbonyl (C=O) groups is 1. The Morgan fingerprint density at radius 2 is 1.88 bits per heavy atom. The summed E-state index contributed by atoms with van der Waals surface area (Å²) < 4.78 is 32.8. The Labute approximate surface area is 208 Å². The highest BCUT2D eigenvalue weighted by Crippen LogP contribution is 2.25. The zero-order valence-electron chi connectivity index (χ0n) is 18.1. The molecule has 0 aliphatic carbocycles. The zero-order chi connectivity index (χ0) is 24.1. The molecule has 0 spiro atoms. The van der Waals surface area contributed by atoms with Crippen LogP contribution in [0.1, 0.15) is 28.8 Å². The van der Waals surface area contributed by atoms with E-state index in [1.54, 1.807) is 36.5 Å². The van der Waals surface area contributed by atoms with Crippen LogP contribution in [0.25, 0.3) is 0 Å². The molecule has 7 nitrogen and oxygen atoms in total. The summed E-state index contributed by atoms with van der Waals surface area (Å²) in [5.74, 6) is 1.35. The second kappa shape index (κ2) is 10.8. The van der Waals surface area contributed by atoms with Crippen LogP contribution >= 0.6 is 27.5 Å². The Morgan fingerprint density at radius 1 is 1.15 bits per heavy atom. The number of ether oxygens (including phenoxy) is 2. The molecule has 4 rings (SSSR count). The first kappa shape index (κ1) is 23.8. The lowest BCUT2D eigenvalue weighted by molar-refractivity contribution is 0.0992. The highest BCUT2D eigenvalue weighted by atomic mass is 79.9. The number of carbonyl (C=O) groups excluding carboxylic acids is 1. The molecule has 0 aliphatic heterocycles. The van der Waals surface area contributed by atoms with Crippen molar-refractivity contribution in [2.75, 3.05) is 11.9 Å². The average Bonchev–Trinajstić information content (AvgIpc) is 3.43. The van der Waals surface area contributed by atoms with Crippen molar-refractivity contribution >= 4 is 39.3 Å². The molecule has 34 heavy (non-hydrogen) atoms. The molecule has 0 bridgehead atoms. The standard InChI is InChI=1S/C24H20BrClFN3O4/c1-2-32-15-6-8-16(9-7-15)33-14-17-10-11-22(34-17)24(31)28-23-19(25)13-30(29-23)12-18-20(26)4-3-5-21(18)27/h3-11,13H,2,12,14H2,1H3,(H,28,29,31). The lowest BCUT2D eigenvalue weighted by Gasteiger charge is -2.06. The lowest BCUT2D eigenvalue weighted by Crippen LogP contribution is -2.12. The van der Waals surface area contributed by atoms with E-state index in [0.717, 1.165) is 5.75 Å². The number of amides is 1. The number of anilines is 1. The molecule has 0 fully saturated rings. The second-order valence-electron chi connectivity index (χ2n) is 7.14. The van der Waals surface area contributed by atoms with Gasteiger partial charge in [-0.15, -0.1) is 0 Å². The predicted molar refractivity (Wildman–Crippen MR) is 129 cm³/mol. The number of aromatic nitrogens is 2. The van der Waals surface area contributed by atoms with Crippen LogP contribution < -0.4 is 14.8 Å². The Morgan fingerprint density at radius 3 is 2.59 bits per heavy atom. The molecule has 0 atom stereocenters. The second-order valence-corrected chi connectivity index (χ2v) is 8.40. The highest BCUT2D eigenvalue weighted by molar-refractivity contribution is 9.10. The van der Waals surface area contributed by atoms with Crippen LogP contribution in [-0.2, 0) is 13.2 Å². The quantitative estimate of drug-likeness (QED) is 0.265. The largest absolute Gasteiger partial charge is 0.494 e. The van der Waals surface area contributed by atoms with Crippen LogP contribution in [0.3, 0.4) is 0 Å². The number of rotatable bonds is 9. The average molecular weight is 549 g/mol. The van der Waals surface area contributed by atoms with Crippen molar-refractivity contribution in [3.63, 3.8) is 0 Å². The molecule has 2 heterocycles. The van der Waals surface area contributed by atoms with Crippen LogP contribution in [0.4, 0.5) is 10.2 Å². The Kier molecular flexibility index (Phi) is 7.54. The lowest BCUT2D eigenvalue weighted by atomic mass is 10.2. The summed E-state index contributed by atoms with van der Waals surface area (Å²) in [5, 5.41) is 7.26. The van der Waals surface area contributed by atoms with Gasteiger partial charge in [0.2, 0.25) is 0 Å². The first-order chi connectivity index (χ1) is 16.4. The molecule has 4 aromatic rings. The number of nitrogens with one attached hydrogen (secondary N) is 1. The van der Waals surface area contributed by atoms with E-state index in [1.165, 1.54) is 16.8 Å². The Balaban J connectivity index is 1.36. The Hall–Kier alpha value is -3.30. The third kappa shape index (κ3) is 5.78. The van der Waals surface area contributed by atoms with Crippen molar-refractivity contribution in [3.05, 3.63) is 93.2 Å². The summed E-state index contributed by atoms with van der Waals surface area (Å²) in [6, 6.07) is 14.9. The summed E-state index contributed by atoms with van der Waals surface area (Å²) in [6.45, 7) is 2.77. The van der Waals surface area contributed by atoms with E-state index in [1.807, 2.05) is 19.1 Å². The fourth-order valence-corrected chi connectivity index (χ4v) is 3.75. The van der Waals surface area contributed by atoms with Crippen molar-refractivity contribution < 1.29 is 23.1 Å². The normalized spacial score (nSPS) is 10.8. The van der Waals surface area contributed by atoms with E-state index in [2.05, 4.69) is 26.3 Å². The topological polar surface area (TPSA) is 78.5 Å². The molecule has 0 saturated heterocycles. The molecule has 0 radical (unpaired) electrons. The third-order valence-corrected chi connectivity index (χ3v) is 5.67. The molecule has 0 aliphatic rings. The maximum absolute atomic E-state index is 14.1. The summed E-state index contributed by atoms with van der Waals surface area (Å²) in [4.78, 5) is 12.6. The molecule has 10 heteroatoms. The van der Waals surface area contributed by atoms with E-state index in [4.69, 9.17) is 25.5 Å². The van der Waals surface area contributed by atoms with E-state index in [0.29, 0.717) is 33.2 Å². The van der Waals surface area contributed by atoms with Gasteiger partial charge in [-0.3, -0.25) is 9.48 Å². The van der Waals surface area contributed by atoms with Gasteiger partial charge < -0.3 is 19.2 Å². The zero-order valence-corrected chi connectivity index (χ0v) is 20.4. The monoisotopic (exact) mass is 547 g/mol. The van der Waals surface area contributed by atoms with Crippen LogP contribution in [-0.4, -0.2) is 22.3 Å². The van der Waals surface area contributed by atoms with Gasteiger partial charge >= 0.3 is 0 Å². The van der Waals surface area contributed by atoms with Crippen molar-refractivity contribution in [2.45, 2.75) is 20.1 Å². The van der Waals surface area contributed by atoms with Crippen molar-refractivity contribution in [3.8, 4) is 11.5 Å². The molecule has 0 unspecified atom stereocenters. The van der Waals surface area contributed by atoms with E-state index < -0.39 is 11.7 Å². The molecule has 2 aromatic heterocycles. The summed E-state index contributed by atoms with van der Waals surface area (Å²) >= 11 is 9.44. The molecule has 176 valence electrons. The van der Waals surface area contributed by atoms with Gasteiger partial charge in [0.15, 0.2) is 11.6 Å². The number of hydrogen-bond donors (Lipinski definition) is 1. The molecular weight excluding hydrogens is 529 g/mol. The molecule has 0 saturated carbocycles. The highest BCUT2D eigenvalue weighted by Gasteiger charge is 2.17. The molecular formula is C24H20BrClFN3O4. The minimum atomic E-state index is -0.484. The van der Waals surface area contributed by atoms with Crippen molar-refractivity contribution in [1.82, 2.24) is 9.78 Å². The van der Waals surface area contributed by atoms with Gasteiger partial charge in [0.05, 0.1) is 17.6 Å². The molecule has 1 amide bonds. The maximum atomic E-state index is 14.1. The first-order valence-electron chi connectivity index (χ1n) is 10.3. The SMILES string of the molecule is CCOc1ccc(OCc2ccc(C(=O)Nc3nn(Cc4c(F)cccc4Cl)cc3Br)o2)cc1. The predicted octanol–water partition coefficient (Wildman–Crippen LogP) is 6.31. The minimum absolute atomic E-state index is 0.101. The number of nitrogens with zero attached hydrogens (tertiary/aromatic N) is 2. The van der Waals surface area contributed by atoms with Gasteiger partial charge in [0.25, 0.3) is 5.91 Å². The van der Waals surface area contributed by atoms with Gasteiger partial charge in [-0.05, 0) is 71.4 Å². The number of halogens is 3. The van der Waals surface area contributed by atoms with Crippen LogP contribution in [0, 0.1) is 5.82 Å². The fourth-order valence-electron chi connectivity index (χ4n) is 3.11. The first-order valence-corrected chi connectivity index (χ1v) is 11.5. The van der Waals surface area contributed by atoms with E-state index >= 15 is 0 Å². The van der Waals surface area contributed by atoms with Crippen LogP contribution in [0.5, 0.6) is 11.5 Å². The van der Waals surface area contributed by atoms with Gasteiger partial charge in [-0.25, -0.2) is 4.39 Å². The number of furan rings is 1.